The zero-order valence-corrected chi connectivity index (χ0v) is 11.2. The highest BCUT2D eigenvalue weighted by atomic mass is 32.2. The first kappa shape index (κ1) is 13.2. The van der Waals surface area contributed by atoms with Crippen molar-refractivity contribution in [3.05, 3.63) is 24.0 Å². The Morgan fingerprint density at radius 1 is 1.50 bits per heavy atom. The molecule has 18 heavy (non-hydrogen) atoms. The number of pyridine rings is 1. The monoisotopic (exact) mass is 266 g/mol. The third kappa shape index (κ3) is 2.94. The summed E-state index contributed by atoms with van der Waals surface area (Å²) in [7, 11) is 0. The van der Waals surface area contributed by atoms with Gasteiger partial charge in [0.05, 0.1) is 11.9 Å². The van der Waals surface area contributed by atoms with Crippen molar-refractivity contribution < 1.29 is 4.79 Å². The molecular weight excluding hydrogens is 248 g/mol. The van der Waals surface area contributed by atoms with Gasteiger partial charge in [0.2, 0.25) is 0 Å². The molecule has 1 fully saturated rings. The standard InChI is InChI=1S/C12H18N4OS/c1-18-11-4-2-3-9(11)15-12(17)10-6-5-8(16-13)7-14-10/h5-7,9,11,16H,2-4,13H2,1H3,(H,15,17). The number of carbonyl (C=O) groups is 1. The Bertz CT molecular complexity index is 409. The molecule has 0 aromatic carbocycles. The van der Waals surface area contributed by atoms with Crippen LogP contribution >= 0.6 is 11.8 Å². The number of hydrazine groups is 1. The van der Waals surface area contributed by atoms with E-state index in [9.17, 15) is 4.79 Å². The van der Waals surface area contributed by atoms with Crippen molar-refractivity contribution in [3.63, 3.8) is 0 Å². The molecule has 4 N–H and O–H groups in total. The lowest BCUT2D eigenvalue weighted by atomic mass is 10.2. The summed E-state index contributed by atoms with van der Waals surface area (Å²) in [5, 5.41) is 3.59. The summed E-state index contributed by atoms with van der Waals surface area (Å²) in [5.74, 6) is 5.14. The zero-order chi connectivity index (χ0) is 13.0. The average Bonchev–Trinajstić information content (AvgIpc) is 2.86. The van der Waals surface area contributed by atoms with E-state index in [1.54, 1.807) is 18.3 Å². The smallest absolute Gasteiger partial charge is 0.270 e. The Labute approximate surface area is 111 Å². The summed E-state index contributed by atoms with van der Waals surface area (Å²) in [6.45, 7) is 0. The van der Waals surface area contributed by atoms with E-state index in [0.29, 0.717) is 16.6 Å². The van der Waals surface area contributed by atoms with E-state index in [0.717, 1.165) is 6.42 Å². The molecule has 5 nitrogen and oxygen atoms in total. The number of amides is 1. The lowest BCUT2D eigenvalue weighted by Gasteiger charge is -2.18. The van der Waals surface area contributed by atoms with Gasteiger partial charge < -0.3 is 10.7 Å². The van der Waals surface area contributed by atoms with Crippen LogP contribution in [0.15, 0.2) is 18.3 Å². The first-order chi connectivity index (χ1) is 8.74. The molecule has 2 atom stereocenters. The van der Waals surface area contributed by atoms with Gasteiger partial charge in [-0.25, -0.2) is 4.98 Å². The Kier molecular flexibility index (Phi) is 4.43. The van der Waals surface area contributed by atoms with Crippen LogP contribution in [-0.4, -0.2) is 28.4 Å². The fourth-order valence-electron chi connectivity index (χ4n) is 2.23. The van der Waals surface area contributed by atoms with Crippen LogP contribution in [-0.2, 0) is 0 Å². The van der Waals surface area contributed by atoms with Crippen LogP contribution in [0, 0.1) is 0 Å². The highest BCUT2D eigenvalue weighted by Gasteiger charge is 2.28. The zero-order valence-electron chi connectivity index (χ0n) is 10.3. The van der Waals surface area contributed by atoms with Crippen molar-refractivity contribution in [2.45, 2.75) is 30.6 Å². The van der Waals surface area contributed by atoms with E-state index in [1.165, 1.54) is 12.8 Å². The Morgan fingerprint density at radius 3 is 2.94 bits per heavy atom. The Hall–Kier alpha value is -1.27. The fraction of sp³-hybridized carbons (Fsp3) is 0.500. The van der Waals surface area contributed by atoms with Crippen molar-refractivity contribution in [1.29, 1.82) is 0 Å². The van der Waals surface area contributed by atoms with Crippen LogP contribution in [0.25, 0.3) is 0 Å². The highest BCUT2D eigenvalue weighted by molar-refractivity contribution is 7.99. The maximum Gasteiger partial charge on any atom is 0.270 e. The second-order valence-corrected chi connectivity index (χ2v) is 5.44. The number of rotatable bonds is 4. The van der Waals surface area contributed by atoms with Crippen LogP contribution < -0.4 is 16.6 Å². The van der Waals surface area contributed by atoms with Crippen molar-refractivity contribution in [1.82, 2.24) is 10.3 Å². The van der Waals surface area contributed by atoms with Gasteiger partial charge in [-0.3, -0.25) is 10.6 Å². The number of nitrogens with one attached hydrogen (secondary N) is 2. The third-order valence-corrected chi connectivity index (χ3v) is 4.40. The van der Waals surface area contributed by atoms with Crippen molar-refractivity contribution in [2.75, 3.05) is 11.7 Å². The highest BCUT2D eigenvalue weighted by Crippen LogP contribution is 2.28. The Morgan fingerprint density at radius 2 is 2.33 bits per heavy atom. The third-order valence-electron chi connectivity index (χ3n) is 3.23. The number of nitrogens with zero attached hydrogens (tertiary/aromatic N) is 1. The van der Waals surface area contributed by atoms with Gasteiger partial charge in [-0.05, 0) is 31.2 Å². The molecular formula is C12H18N4OS. The summed E-state index contributed by atoms with van der Waals surface area (Å²) in [6.07, 6.45) is 7.06. The van der Waals surface area contributed by atoms with Crippen LogP contribution in [0.5, 0.6) is 0 Å². The maximum absolute atomic E-state index is 12.0. The topological polar surface area (TPSA) is 80.0 Å². The number of aromatic nitrogens is 1. The number of nitrogens with two attached hydrogens (primary N) is 1. The number of anilines is 1. The molecule has 0 spiro atoms. The minimum absolute atomic E-state index is 0.107. The van der Waals surface area contributed by atoms with Gasteiger partial charge in [0.25, 0.3) is 5.91 Å². The summed E-state index contributed by atoms with van der Waals surface area (Å²) in [6, 6.07) is 3.68. The van der Waals surface area contributed by atoms with E-state index >= 15 is 0 Å². The van der Waals surface area contributed by atoms with Gasteiger partial charge in [0, 0.05) is 11.3 Å². The van der Waals surface area contributed by atoms with Crippen LogP contribution in [0.3, 0.4) is 0 Å². The first-order valence-corrected chi connectivity index (χ1v) is 7.29. The molecule has 0 aliphatic heterocycles. The number of hydrogen-bond donors (Lipinski definition) is 3. The van der Waals surface area contributed by atoms with Gasteiger partial charge in [0.1, 0.15) is 5.69 Å². The summed E-state index contributed by atoms with van der Waals surface area (Å²) in [5.41, 5.74) is 3.61. The van der Waals surface area contributed by atoms with E-state index in [-0.39, 0.29) is 11.9 Å². The van der Waals surface area contributed by atoms with E-state index in [4.69, 9.17) is 5.84 Å². The molecule has 2 unspecified atom stereocenters. The SMILES string of the molecule is CSC1CCCC1NC(=O)c1ccc(NN)cn1. The van der Waals surface area contributed by atoms with Gasteiger partial charge in [-0.15, -0.1) is 0 Å². The van der Waals surface area contributed by atoms with E-state index < -0.39 is 0 Å². The van der Waals surface area contributed by atoms with Gasteiger partial charge >= 0.3 is 0 Å². The van der Waals surface area contributed by atoms with Gasteiger partial charge in [-0.1, -0.05) is 6.42 Å². The minimum atomic E-state index is -0.107. The van der Waals surface area contributed by atoms with Crippen LogP contribution in [0.4, 0.5) is 5.69 Å². The number of nitrogen functional groups attached to an aromatic ring is 1. The molecule has 1 heterocycles. The summed E-state index contributed by atoms with van der Waals surface area (Å²) >= 11 is 1.82. The van der Waals surface area contributed by atoms with Crippen LogP contribution in [0.1, 0.15) is 29.8 Å². The van der Waals surface area contributed by atoms with E-state index in [2.05, 4.69) is 22.0 Å². The fourth-order valence-corrected chi connectivity index (χ4v) is 3.16. The average molecular weight is 266 g/mol. The molecule has 0 radical (unpaired) electrons. The van der Waals surface area contributed by atoms with Crippen LogP contribution in [0.2, 0.25) is 0 Å². The molecule has 1 amide bonds. The second kappa shape index (κ2) is 6.06. The summed E-state index contributed by atoms with van der Waals surface area (Å²) < 4.78 is 0. The van der Waals surface area contributed by atoms with Gasteiger partial charge in [-0.2, -0.15) is 11.8 Å². The quantitative estimate of drug-likeness (QED) is 0.567. The lowest BCUT2D eigenvalue weighted by molar-refractivity contribution is 0.0933. The molecule has 1 aromatic rings. The molecule has 0 bridgehead atoms. The predicted molar refractivity (Wildman–Crippen MR) is 74.5 cm³/mol. The van der Waals surface area contributed by atoms with Crippen molar-refractivity contribution in [2.24, 2.45) is 5.84 Å². The number of carbonyl (C=O) groups excluding carboxylic acids is 1. The number of thioether (sulfide) groups is 1. The predicted octanol–water partition coefficient (Wildman–Crippen LogP) is 1.38. The van der Waals surface area contributed by atoms with Crippen molar-refractivity contribution >= 4 is 23.4 Å². The lowest BCUT2D eigenvalue weighted by Crippen LogP contribution is -2.38. The largest absolute Gasteiger partial charge is 0.347 e. The molecule has 0 saturated heterocycles. The van der Waals surface area contributed by atoms with E-state index in [1.807, 2.05) is 11.8 Å². The first-order valence-electron chi connectivity index (χ1n) is 6.01. The maximum atomic E-state index is 12.0. The Balaban J connectivity index is 1.98. The van der Waals surface area contributed by atoms with Crippen molar-refractivity contribution in [3.8, 4) is 0 Å². The normalized spacial score (nSPS) is 22.8. The number of hydrogen-bond acceptors (Lipinski definition) is 5. The molecule has 1 aliphatic rings. The molecule has 1 aliphatic carbocycles. The molecule has 6 heteroatoms. The molecule has 2 rings (SSSR count). The second-order valence-electron chi connectivity index (χ2n) is 4.36. The molecule has 1 aromatic heterocycles. The summed E-state index contributed by atoms with van der Waals surface area (Å²) in [4.78, 5) is 16.1. The molecule has 98 valence electrons. The minimum Gasteiger partial charge on any atom is -0.347 e. The van der Waals surface area contributed by atoms with Gasteiger partial charge in [0.15, 0.2) is 0 Å². The molecule has 1 saturated carbocycles.